The van der Waals surface area contributed by atoms with Crippen molar-refractivity contribution in [3.8, 4) is 0 Å². The van der Waals surface area contributed by atoms with E-state index < -0.39 is 0 Å². The molecule has 1 aliphatic heterocycles. The minimum absolute atomic E-state index is 0.447. The first-order chi connectivity index (χ1) is 8.65. The zero-order valence-electron chi connectivity index (χ0n) is 11.2. The smallest absolute Gasteiger partial charge is 0.129 e. The van der Waals surface area contributed by atoms with Crippen molar-refractivity contribution in [3.05, 3.63) is 23.0 Å². The van der Waals surface area contributed by atoms with E-state index in [0.717, 1.165) is 17.8 Å². The van der Waals surface area contributed by atoms with Gasteiger partial charge in [0, 0.05) is 12.1 Å². The van der Waals surface area contributed by atoms with Crippen molar-refractivity contribution in [1.29, 1.82) is 0 Å². The number of nitrogens with zero attached hydrogens (tertiary/aromatic N) is 1. The Morgan fingerprint density at radius 3 is 3.00 bits per heavy atom. The van der Waals surface area contributed by atoms with Gasteiger partial charge in [-0.2, -0.15) is 0 Å². The molecule has 1 fully saturated rings. The molecule has 0 saturated carbocycles. The van der Waals surface area contributed by atoms with E-state index in [9.17, 15) is 0 Å². The van der Waals surface area contributed by atoms with Crippen LogP contribution in [0.3, 0.4) is 0 Å². The van der Waals surface area contributed by atoms with E-state index >= 15 is 0 Å². The molecule has 0 aromatic carbocycles. The van der Waals surface area contributed by atoms with Crippen LogP contribution in [0.4, 0.5) is 5.69 Å². The van der Waals surface area contributed by atoms with Crippen LogP contribution in [0.2, 0.25) is 5.15 Å². The van der Waals surface area contributed by atoms with Crippen molar-refractivity contribution >= 4 is 17.3 Å². The summed E-state index contributed by atoms with van der Waals surface area (Å²) in [6.45, 7) is 5.38. The molecule has 0 amide bonds. The van der Waals surface area contributed by atoms with Gasteiger partial charge in [0.15, 0.2) is 0 Å². The average molecular weight is 268 g/mol. The molecule has 1 aliphatic rings. The highest BCUT2D eigenvalue weighted by Crippen LogP contribution is 2.19. The van der Waals surface area contributed by atoms with Crippen LogP contribution in [-0.2, 0) is 0 Å². The normalized spacial score (nSPS) is 21.6. The average Bonchev–Trinajstić information content (AvgIpc) is 2.34. The van der Waals surface area contributed by atoms with Gasteiger partial charge in [0.2, 0.25) is 0 Å². The molecule has 1 saturated heterocycles. The highest BCUT2D eigenvalue weighted by atomic mass is 35.5. The molecule has 4 heteroatoms. The molecule has 0 spiro atoms. The maximum absolute atomic E-state index is 5.86. The van der Waals surface area contributed by atoms with Crippen LogP contribution in [0.1, 0.15) is 38.3 Å². The third kappa shape index (κ3) is 3.85. The van der Waals surface area contributed by atoms with Gasteiger partial charge in [0.1, 0.15) is 5.15 Å². The molecule has 0 radical (unpaired) electrons. The van der Waals surface area contributed by atoms with Gasteiger partial charge in [0.05, 0.1) is 11.4 Å². The molecule has 1 aromatic heterocycles. The Bertz CT molecular complexity index is 389. The predicted molar refractivity (Wildman–Crippen MR) is 77.3 cm³/mol. The van der Waals surface area contributed by atoms with Gasteiger partial charge >= 0.3 is 0 Å². The van der Waals surface area contributed by atoms with Gasteiger partial charge in [-0.15, -0.1) is 0 Å². The Balaban J connectivity index is 1.87. The van der Waals surface area contributed by atoms with E-state index in [1.165, 1.54) is 25.8 Å². The van der Waals surface area contributed by atoms with Gasteiger partial charge in [-0.1, -0.05) is 18.0 Å². The lowest BCUT2D eigenvalue weighted by atomic mass is 9.98. The van der Waals surface area contributed by atoms with E-state index in [1.54, 1.807) is 0 Å². The summed E-state index contributed by atoms with van der Waals surface area (Å²) in [5.74, 6) is 0. The third-order valence-corrected chi connectivity index (χ3v) is 3.71. The molecule has 2 heterocycles. The van der Waals surface area contributed by atoms with Crippen LogP contribution in [-0.4, -0.2) is 23.6 Å². The first-order valence-corrected chi connectivity index (χ1v) is 7.16. The van der Waals surface area contributed by atoms with Crippen molar-refractivity contribution in [3.63, 3.8) is 0 Å². The second-order valence-corrected chi connectivity index (χ2v) is 5.58. The van der Waals surface area contributed by atoms with Crippen LogP contribution < -0.4 is 10.6 Å². The summed E-state index contributed by atoms with van der Waals surface area (Å²) in [6, 6.07) is 4.95. The molecule has 2 atom stereocenters. The van der Waals surface area contributed by atoms with Crippen molar-refractivity contribution in [2.45, 2.75) is 51.6 Å². The first kappa shape index (κ1) is 13.6. The Morgan fingerprint density at radius 1 is 1.50 bits per heavy atom. The number of piperidine rings is 1. The summed E-state index contributed by atoms with van der Waals surface area (Å²) in [7, 11) is 0. The maximum atomic E-state index is 5.86. The van der Waals surface area contributed by atoms with E-state index in [1.807, 2.05) is 19.1 Å². The Hall–Kier alpha value is -0.800. The molecule has 18 heavy (non-hydrogen) atoms. The molecule has 2 rings (SSSR count). The number of aromatic nitrogens is 1. The summed E-state index contributed by atoms with van der Waals surface area (Å²) in [5, 5.41) is 7.66. The largest absolute Gasteiger partial charge is 0.381 e. The van der Waals surface area contributed by atoms with Crippen molar-refractivity contribution in [2.24, 2.45) is 0 Å². The van der Waals surface area contributed by atoms with Crippen LogP contribution in [0.15, 0.2) is 12.1 Å². The highest BCUT2D eigenvalue weighted by Gasteiger charge is 2.16. The zero-order chi connectivity index (χ0) is 13.0. The van der Waals surface area contributed by atoms with Crippen LogP contribution in [0.5, 0.6) is 0 Å². The standard InChI is InChI=1S/C14H22ClN3/c1-10(9-12-5-3-4-8-16-12)17-13-6-7-14(15)18-11(13)2/h6-7,10,12,16-17H,3-5,8-9H2,1-2H3. The van der Waals surface area contributed by atoms with Gasteiger partial charge in [-0.05, 0) is 51.8 Å². The molecular formula is C14H22ClN3. The fourth-order valence-electron chi connectivity index (χ4n) is 2.56. The Morgan fingerprint density at radius 2 is 2.33 bits per heavy atom. The molecule has 0 aliphatic carbocycles. The van der Waals surface area contributed by atoms with Crippen molar-refractivity contribution < 1.29 is 0 Å². The van der Waals surface area contributed by atoms with E-state index in [4.69, 9.17) is 11.6 Å². The summed E-state index contributed by atoms with van der Waals surface area (Å²) in [5.41, 5.74) is 2.05. The summed E-state index contributed by atoms with van der Waals surface area (Å²) in [4.78, 5) is 4.26. The maximum Gasteiger partial charge on any atom is 0.129 e. The molecular weight excluding hydrogens is 246 g/mol. The molecule has 2 unspecified atom stereocenters. The first-order valence-electron chi connectivity index (χ1n) is 6.78. The lowest BCUT2D eigenvalue weighted by Gasteiger charge is -2.27. The molecule has 100 valence electrons. The number of anilines is 1. The van der Waals surface area contributed by atoms with Gasteiger partial charge in [-0.25, -0.2) is 4.98 Å². The lowest BCUT2D eigenvalue weighted by Crippen LogP contribution is -2.37. The number of hydrogen-bond donors (Lipinski definition) is 2. The van der Waals surface area contributed by atoms with E-state index in [0.29, 0.717) is 17.2 Å². The molecule has 3 nitrogen and oxygen atoms in total. The third-order valence-electron chi connectivity index (χ3n) is 3.50. The van der Waals surface area contributed by atoms with Crippen LogP contribution >= 0.6 is 11.6 Å². The Labute approximate surface area is 114 Å². The van der Waals surface area contributed by atoms with Crippen molar-refractivity contribution in [1.82, 2.24) is 10.3 Å². The van der Waals surface area contributed by atoms with Crippen LogP contribution in [0.25, 0.3) is 0 Å². The quantitative estimate of drug-likeness (QED) is 0.822. The fourth-order valence-corrected chi connectivity index (χ4v) is 2.75. The predicted octanol–water partition coefficient (Wildman–Crippen LogP) is 3.38. The minimum Gasteiger partial charge on any atom is -0.381 e. The number of pyridine rings is 1. The minimum atomic E-state index is 0.447. The number of hydrogen-bond acceptors (Lipinski definition) is 3. The fraction of sp³-hybridized carbons (Fsp3) is 0.643. The van der Waals surface area contributed by atoms with E-state index in [-0.39, 0.29) is 0 Å². The molecule has 2 N–H and O–H groups in total. The second kappa shape index (κ2) is 6.39. The Kier molecular flexibility index (Phi) is 4.84. The molecule has 1 aromatic rings. The zero-order valence-corrected chi connectivity index (χ0v) is 11.9. The van der Waals surface area contributed by atoms with E-state index in [2.05, 4.69) is 22.5 Å². The highest BCUT2D eigenvalue weighted by molar-refractivity contribution is 6.29. The van der Waals surface area contributed by atoms with Gasteiger partial charge in [-0.3, -0.25) is 0 Å². The summed E-state index contributed by atoms with van der Waals surface area (Å²) in [6.07, 6.45) is 5.12. The van der Waals surface area contributed by atoms with Gasteiger partial charge in [0.25, 0.3) is 0 Å². The number of nitrogens with one attached hydrogen (secondary N) is 2. The molecule has 0 bridgehead atoms. The monoisotopic (exact) mass is 267 g/mol. The second-order valence-electron chi connectivity index (χ2n) is 5.19. The summed E-state index contributed by atoms with van der Waals surface area (Å²) < 4.78 is 0. The number of aryl methyl sites for hydroxylation is 1. The van der Waals surface area contributed by atoms with Crippen molar-refractivity contribution in [2.75, 3.05) is 11.9 Å². The lowest BCUT2D eigenvalue weighted by molar-refractivity contribution is 0.371. The number of rotatable bonds is 4. The van der Waals surface area contributed by atoms with Gasteiger partial charge < -0.3 is 10.6 Å². The summed E-state index contributed by atoms with van der Waals surface area (Å²) >= 11 is 5.86. The SMILES string of the molecule is Cc1nc(Cl)ccc1NC(C)CC1CCCCN1. The number of halogens is 1. The van der Waals surface area contributed by atoms with Crippen LogP contribution in [0, 0.1) is 6.92 Å². The topological polar surface area (TPSA) is 37.0 Å².